The van der Waals surface area contributed by atoms with Crippen molar-refractivity contribution in [2.45, 2.75) is 27.7 Å². The largest absolute Gasteiger partial charge is 0.294 e. The second-order valence-electron chi connectivity index (χ2n) is 3.06. The normalized spacial score (nSPS) is 9.41. The predicted molar refractivity (Wildman–Crippen MR) is 69.2 cm³/mol. The average molecular weight is 249 g/mol. The molecule has 0 spiro atoms. The molecule has 4 nitrogen and oxygen atoms in total. The van der Waals surface area contributed by atoms with Crippen LogP contribution in [0.25, 0.3) is 10.8 Å². The van der Waals surface area contributed by atoms with Gasteiger partial charge in [0, 0.05) is 19.3 Å². The summed E-state index contributed by atoms with van der Waals surface area (Å²) in [6.45, 7) is 7.36. The SMILES string of the molecule is CC.CC(=O)c1sc(-c2ncccn2)nc1C. The number of carbonyl (C=O) groups excluding carboxylic acids is 1. The van der Waals surface area contributed by atoms with Crippen LogP contribution >= 0.6 is 11.3 Å². The molecule has 0 aliphatic carbocycles. The first kappa shape index (κ1) is 13.4. The van der Waals surface area contributed by atoms with Crippen molar-refractivity contribution < 1.29 is 4.79 Å². The lowest BCUT2D eigenvalue weighted by molar-refractivity contribution is 0.102. The molecule has 0 bridgehead atoms. The van der Waals surface area contributed by atoms with Crippen molar-refractivity contribution in [3.05, 3.63) is 29.0 Å². The van der Waals surface area contributed by atoms with Gasteiger partial charge in [-0.3, -0.25) is 4.79 Å². The summed E-state index contributed by atoms with van der Waals surface area (Å²) in [5.41, 5.74) is 0.745. The van der Waals surface area contributed by atoms with Crippen molar-refractivity contribution in [1.29, 1.82) is 0 Å². The van der Waals surface area contributed by atoms with E-state index in [1.54, 1.807) is 18.5 Å². The Balaban J connectivity index is 0.000000686. The van der Waals surface area contributed by atoms with Crippen molar-refractivity contribution in [2.75, 3.05) is 0 Å². The van der Waals surface area contributed by atoms with Crippen molar-refractivity contribution >= 4 is 17.1 Å². The standard InChI is InChI=1S/C10H9N3OS.C2H6/c1-6-8(7(2)14)15-10(13-6)9-11-4-3-5-12-9;1-2/h3-5H,1-2H3;1-2H3. The molecule has 0 saturated carbocycles. The lowest BCUT2D eigenvalue weighted by Gasteiger charge is -1.90. The molecule has 0 amide bonds. The number of rotatable bonds is 2. The first-order chi connectivity index (χ1) is 8.18. The zero-order valence-electron chi connectivity index (χ0n) is 10.4. The predicted octanol–water partition coefficient (Wildman–Crippen LogP) is 3.14. The van der Waals surface area contributed by atoms with E-state index in [0.29, 0.717) is 15.7 Å². The molecule has 0 aromatic carbocycles. The molecule has 2 aromatic rings. The Labute approximate surface area is 105 Å². The van der Waals surface area contributed by atoms with Crippen molar-refractivity contribution in [2.24, 2.45) is 0 Å². The fourth-order valence-corrected chi connectivity index (χ4v) is 2.14. The van der Waals surface area contributed by atoms with Crippen LogP contribution in [0.2, 0.25) is 0 Å². The molecule has 17 heavy (non-hydrogen) atoms. The highest BCUT2D eigenvalue weighted by atomic mass is 32.1. The van der Waals surface area contributed by atoms with Crippen LogP contribution in [-0.2, 0) is 0 Å². The van der Waals surface area contributed by atoms with Crippen LogP contribution < -0.4 is 0 Å². The summed E-state index contributed by atoms with van der Waals surface area (Å²) in [7, 11) is 0. The zero-order valence-corrected chi connectivity index (χ0v) is 11.2. The molecule has 0 atom stereocenters. The van der Waals surface area contributed by atoms with Crippen LogP contribution in [0.5, 0.6) is 0 Å². The minimum atomic E-state index is 0.0344. The quantitative estimate of drug-likeness (QED) is 0.767. The number of thiazole rings is 1. The molecule has 0 aliphatic heterocycles. The minimum Gasteiger partial charge on any atom is -0.294 e. The average Bonchev–Trinajstić information content (AvgIpc) is 2.75. The Morgan fingerprint density at radius 1 is 1.24 bits per heavy atom. The van der Waals surface area contributed by atoms with E-state index in [1.807, 2.05) is 20.8 Å². The molecule has 2 aromatic heterocycles. The first-order valence-corrected chi connectivity index (χ1v) is 6.26. The van der Waals surface area contributed by atoms with Gasteiger partial charge in [-0.25, -0.2) is 15.0 Å². The van der Waals surface area contributed by atoms with Crippen LogP contribution in [0.3, 0.4) is 0 Å². The summed E-state index contributed by atoms with van der Waals surface area (Å²) < 4.78 is 0. The second kappa shape index (κ2) is 6.20. The maximum absolute atomic E-state index is 11.2. The molecule has 0 aliphatic rings. The highest BCUT2D eigenvalue weighted by Gasteiger charge is 2.13. The van der Waals surface area contributed by atoms with Gasteiger partial charge in [0.1, 0.15) is 0 Å². The van der Waals surface area contributed by atoms with Gasteiger partial charge in [-0.15, -0.1) is 11.3 Å². The number of aromatic nitrogens is 3. The van der Waals surface area contributed by atoms with Gasteiger partial charge in [0.2, 0.25) is 0 Å². The summed E-state index contributed by atoms with van der Waals surface area (Å²) >= 11 is 1.34. The molecule has 90 valence electrons. The van der Waals surface area contributed by atoms with Crippen LogP contribution in [-0.4, -0.2) is 20.7 Å². The van der Waals surface area contributed by atoms with Gasteiger partial charge in [0.15, 0.2) is 16.6 Å². The number of ketones is 1. The molecule has 0 unspecified atom stereocenters. The molecular weight excluding hydrogens is 234 g/mol. The molecular formula is C12H15N3OS. The third kappa shape index (κ3) is 3.17. The Hall–Kier alpha value is -1.62. The van der Waals surface area contributed by atoms with E-state index < -0.39 is 0 Å². The number of aryl methyl sites for hydroxylation is 1. The Morgan fingerprint density at radius 3 is 2.29 bits per heavy atom. The van der Waals surface area contributed by atoms with Gasteiger partial charge in [0.25, 0.3) is 0 Å². The number of hydrogen-bond acceptors (Lipinski definition) is 5. The monoisotopic (exact) mass is 249 g/mol. The maximum atomic E-state index is 11.2. The van der Waals surface area contributed by atoms with E-state index in [4.69, 9.17) is 0 Å². The van der Waals surface area contributed by atoms with E-state index in [2.05, 4.69) is 15.0 Å². The molecule has 0 N–H and O–H groups in total. The van der Waals surface area contributed by atoms with Gasteiger partial charge >= 0.3 is 0 Å². The number of Topliss-reactive ketones (excluding diaryl/α,β-unsaturated/α-hetero) is 1. The smallest absolute Gasteiger partial charge is 0.188 e. The van der Waals surface area contributed by atoms with Crippen LogP contribution in [0.4, 0.5) is 0 Å². The third-order valence-electron chi connectivity index (χ3n) is 1.87. The van der Waals surface area contributed by atoms with Gasteiger partial charge in [-0.2, -0.15) is 0 Å². The summed E-state index contributed by atoms with van der Waals surface area (Å²) in [6, 6.07) is 1.75. The van der Waals surface area contributed by atoms with E-state index in [1.165, 1.54) is 18.3 Å². The topological polar surface area (TPSA) is 55.7 Å². The van der Waals surface area contributed by atoms with Crippen LogP contribution in [0.1, 0.15) is 36.1 Å². The molecule has 2 heterocycles. The Kier molecular flexibility index (Phi) is 4.90. The van der Waals surface area contributed by atoms with E-state index in [0.717, 1.165) is 5.69 Å². The molecule has 0 fully saturated rings. The van der Waals surface area contributed by atoms with E-state index >= 15 is 0 Å². The van der Waals surface area contributed by atoms with Gasteiger partial charge < -0.3 is 0 Å². The zero-order chi connectivity index (χ0) is 12.8. The van der Waals surface area contributed by atoms with Crippen molar-refractivity contribution in [3.8, 4) is 10.8 Å². The number of carbonyl (C=O) groups is 1. The molecule has 0 radical (unpaired) electrons. The Morgan fingerprint density at radius 2 is 1.82 bits per heavy atom. The maximum Gasteiger partial charge on any atom is 0.188 e. The van der Waals surface area contributed by atoms with Crippen LogP contribution in [0.15, 0.2) is 18.5 Å². The summed E-state index contributed by atoms with van der Waals surface area (Å²) in [5, 5.41) is 0.693. The Bertz CT molecular complexity index is 494. The molecule has 0 saturated heterocycles. The van der Waals surface area contributed by atoms with Gasteiger partial charge in [0.05, 0.1) is 10.6 Å². The fourth-order valence-electron chi connectivity index (χ4n) is 1.23. The molecule has 2 rings (SSSR count). The minimum absolute atomic E-state index is 0.0344. The fraction of sp³-hybridized carbons (Fsp3) is 0.333. The van der Waals surface area contributed by atoms with Crippen molar-refractivity contribution in [1.82, 2.24) is 15.0 Å². The van der Waals surface area contributed by atoms with Gasteiger partial charge in [-0.1, -0.05) is 13.8 Å². The first-order valence-electron chi connectivity index (χ1n) is 5.44. The summed E-state index contributed by atoms with van der Waals surface area (Å²) in [5.74, 6) is 0.602. The lowest BCUT2D eigenvalue weighted by Crippen LogP contribution is -1.89. The summed E-state index contributed by atoms with van der Waals surface area (Å²) in [4.78, 5) is 24.4. The second-order valence-corrected chi connectivity index (χ2v) is 4.06. The van der Waals surface area contributed by atoms with Gasteiger partial charge in [-0.05, 0) is 13.0 Å². The number of hydrogen-bond donors (Lipinski definition) is 0. The van der Waals surface area contributed by atoms with Crippen molar-refractivity contribution in [3.63, 3.8) is 0 Å². The highest BCUT2D eigenvalue weighted by molar-refractivity contribution is 7.17. The summed E-state index contributed by atoms with van der Waals surface area (Å²) in [6.07, 6.45) is 3.32. The van der Waals surface area contributed by atoms with Crippen LogP contribution in [0, 0.1) is 6.92 Å². The number of nitrogens with zero attached hydrogens (tertiary/aromatic N) is 3. The lowest BCUT2D eigenvalue weighted by atomic mass is 10.3. The third-order valence-corrected chi connectivity index (χ3v) is 3.13. The van der Waals surface area contributed by atoms with E-state index in [9.17, 15) is 4.79 Å². The highest BCUT2D eigenvalue weighted by Crippen LogP contribution is 2.25. The van der Waals surface area contributed by atoms with E-state index in [-0.39, 0.29) is 5.78 Å². The molecule has 5 heteroatoms.